The number of carbonyl (C=O) groups excluding carboxylic acids is 1. The average molecular weight is 185 g/mol. The Morgan fingerprint density at radius 2 is 2.50 bits per heavy atom. The van der Waals surface area contributed by atoms with Crippen molar-refractivity contribution in [2.75, 3.05) is 6.61 Å². The lowest BCUT2D eigenvalue weighted by Crippen LogP contribution is -2.07. The van der Waals surface area contributed by atoms with Crippen LogP contribution in [0.15, 0.2) is 18.3 Å². The Balaban J connectivity index is 2.87. The second-order valence-corrected chi connectivity index (χ2v) is 2.38. The van der Waals surface area contributed by atoms with E-state index in [9.17, 15) is 4.79 Å². The van der Waals surface area contributed by atoms with E-state index >= 15 is 0 Å². The molecule has 62 valence electrons. The van der Waals surface area contributed by atoms with Crippen LogP contribution in [-0.2, 0) is 4.74 Å². The number of hydrogen-bond acceptors (Lipinski definition) is 3. The van der Waals surface area contributed by atoms with Crippen molar-refractivity contribution in [1.29, 1.82) is 0 Å². The lowest BCUT2D eigenvalue weighted by atomic mass is 10.3. The molecule has 1 aromatic rings. The zero-order valence-corrected chi connectivity index (χ0v) is 7.04. The standard InChI is InChI=1S/C8H7ClNO2/c1-2-12-8(11)7-6(9)4-3-5-10-7/h3-5H,1-2H2/q+1. The van der Waals surface area contributed by atoms with Crippen LogP contribution < -0.4 is 0 Å². The van der Waals surface area contributed by atoms with Gasteiger partial charge in [0.05, 0.1) is 5.02 Å². The summed E-state index contributed by atoms with van der Waals surface area (Å²) in [4.78, 5) is 14.8. The van der Waals surface area contributed by atoms with E-state index in [0.717, 1.165) is 0 Å². The van der Waals surface area contributed by atoms with Gasteiger partial charge in [0.2, 0.25) is 6.61 Å². The van der Waals surface area contributed by atoms with Gasteiger partial charge in [-0.15, -0.1) is 0 Å². The second-order valence-electron chi connectivity index (χ2n) is 1.97. The monoisotopic (exact) mass is 184 g/mol. The first-order chi connectivity index (χ1) is 5.75. The summed E-state index contributed by atoms with van der Waals surface area (Å²) in [5.41, 5.74) is 0.128. The molecule has 0 fully saturated rings. The minimum absolute atomic E-state index is 0.0751. The fourth-order valence-electron chi connectivity index (χ4n) is 0.697. The predicted molar refractivity (Wildman–Crippen MR) is 44.9 cm³/mol. The van der Waals surface area contributed by atoms with Crippen LogP contribution in [0.25, 0.3) is 0 Å². The van der Waals surface area contributed by atoms with Crippen LogP contribution in [-0.4, -0.2) is 17.6 Å². The van der Waals surface area contributed by atoms with Crippen LogP contribution in [0.1, 0.15) is 10.5 Å². The smallest absolute Gasteiger partial charge is 0.361 e. The third kappa shape index (κ3) is 1.89. The van der Waals surface area contributed by atoms with Crippen LogP contribution in [0.2, 0.25) is 5.02 Å². The van der Waals surface area contributed by atoms with Gasteiger partial charge in [0.15, 0.2) is 5.69 Å². The lowest BCUT2D eigenvalue weighted by molar-refractivity contribution is 0.0541. The average Bonchev–Trinajstić information content (AvgIpc) is 2.05. The van der Waals surface area contributed by atoms with Gasteiger partial charge in [0, 0.05) is 6.20 Å². The number of hydrogen-bond donors (Lipinski definition) is 0. The highest BCUT2D eigenvalue weighted by atomic mass is 35.5. The summed E-state index contributed by atoms with van der Waals surface area (Å²) in [5.74, 6) is -0.546. The quantitative estimate of drug-likeness (QED) is 0.519. The Kier molecular flexibility index (Phi) is 2.94. The maximum atomic E-state index is 11.1. The van der Waals surface area contributed by atoms with Gasteiger partial charge < -0.3 is 4.74 Å². The van der Waals surface area contributed by atoms with E-state index < -0.39 is 5.97 Å². The minimum atomic E-state index is -0.546. The summed E-state index contributed by atoms with van der Waals surface area (Å²) in [6.07, 6.45) is 1.48. The van der Waals surface area contributed by atoms with Gasteiger partial charge in [0.25, 0.3) is 0 Å². The van der Waals surface area contributed by atoms with Crippen molar-refractivity contribution in [2.24, 2.45) is 0 Å². The highest BCUT2D eigenvalue weighted by molar-refractivity contribution is 6.33. The van der Waals surface area contributed by atoms with E-state index in [4.69, 9.17) is 11.6 Å². The molecule has 0 N–H and O–H groups in total. The molecular weight excluding hydrogens is 178 g/mol. The lowest BCUT2D eigenvalue weighted by Gasteiger charge is -1.98. The number of aromatic nitrogens is 1. The number of esters is 1. The summed E-state index contributed by atoms with van der Waals surface area (Å²) in [6.45, 7) is 3.44. The second kappa shape index (κ2) is 3.97. The van der Waals surface area contributed by atoms with Crippen LogP contribution in [0.4, 0.5) is 0 Å². The number of rotatable bonds is 2. The zero-order chi connectivity index (χ0) is 8.97. The number of pyridine rings is 1. The number of halogens is 1. The van der Waals surface area contributed by atoms with Crippen LogP contribution in [0, 0.1) is 6.92 Å². The number of nitrogens with zero attached hydrogens (tertiary/aromatic N) is 1. The van der Waals surface area contributed by atoms with Crippen LogP contribution in [0.3, 0.4) is 0 Å². The van der Waals surface area contributed by atoms with E-state index in [1.165, 1.54) is 6.20 Å². The van der Waals surface area contributed by atoms with E-state index in [1.807, 2.05) is 0 Å². The van der Waals surface area contributed by atoms with Crippen molar-refractivity contribution in [2.45, 2.75) is 0 Å². The Labute approximate surface area is 75.3 Å². The van der Waals surface area contributed by atoms with E-state index in [0.29, 0.717) is 0 Å². The normalized spacial score (nSPS) is 9.42. The van der Waals surface area contributed by atoms with Gasteiger partial charge >= 0.3 is 5.97 Å². The molecule has 12 heavy (non-hydrogen) atoms. The van der Waals surface area contributed by atoms with Gasteiger partial charge in [-0.1, -0.05) is 11.6 Å². The maximum Gasteiger partial charge on any atom is 0.361 e. The fraction of sp³-hybridized carbons (Fsp3) is 0.125. The molecule has 0 saturated carbocycles. The van der Waals surface area contributed by atoms with Crippen molar-refractivity contribution < 1.29 is 9.53 Å². The molecule has 0 aromatic carbocycles. The first-order valence-corrected chi connectivity index (χ1v) is 3.70. The summed E-state index contributed by atoms with van der Waals surface area (Å²) in [7, 11) is 0. The minimum Gasteiger partial charge on any atom is -0.419 e. The summed E-state index contributed by atoms with van der Waals surface area (Å²) < 4.78 is 4.61. The number of carbonyl (C=O) groups is 1. The Morgan fingerprint density at radius 3 is 3.08 bits per heavy atom. The molecule has 1 heterocycles. The molecule has 0 spiro atoms. The molecule has 0 unspecified atom stereocenters. The SMILES string of the molecule is [CH2+]COC(=O)c1ncccc1Cl. The Hall–Kier alpha value is -1.22. The van der Waals surface area contributed by atoms with Gasteiger partial charge in [-0.3, -0.25) is 0 Å². The van der Waals surface area contributed by atoms with Crippen molar-refractivity contribution in [3.05, 3.63) is 36.0 Å². The zero-order valence-electron chi connectivity index (χ0n) is 6.29. The topological polar surface area (TPSA) is 39.2 Å². The van der Waals surface area contributed by atoms with Gasteiger partial charge in [-0.05, 0) is 12.1 Å². The van der Waals surface area contributed by atoms with Crippen molar-refractivity contribution in [3.63, 3.8) is 0 Å². The Bertz CT molecular complexity index is 288. The van der Waals surface area contributed by atoms with Gasteiger partial charge in [0.1, 0.15) is 6.92 Å². The Morgan fingerprint density at radius 1 is 1.75 bits per heavy atom. The molecule has 0 saturated heterocycles. The first kappa shape index (κ1) is 8.87. The third-order valence-electron chi connectivity index (χ3n) is 1.18. The first-order valence-electron chi connectivity index (χ1n) is 3.32. The fourth-order valence-corrected chi connectivity index (χ4v) is 0.896. The molecule has 0 aliphatic carbocycles. The molecule has 0 amide bonds. The van der Waals surface area contributed by atoms with Crippen molar-refractivity contribution in [1.82, 2.24) is 4.98 Å². The van der Waals surface area contributed by atoms with Gasteiger partial charge in [-0.2, -0.15) is 0 Å². The summed E-state index contributed by atoms with van der Waals surface area (Å²) in [6, 6.07) is 3.22. The highest BCUT2D eigenvalue weighted by Gasteiger charge is 2.12. The number of ether oxygens (including phenoxy) is 1. The molecule has 3 nitrogen and oxygen atoms in total. The third-order valence-corrected chi connectivity index (χ3v) is 1.49. The van der Waals surface area contributed by atoms with Crippen molar-refractivity contribution in [3.8, 4) is 0 Å². The molecular formula is C8H7ClNO2+. The molecule has 4 heteroatoms. The van der Waals surface area contributed by atoms with Crippen molar-refractivity contribution >= 4 is 17.6 Å². The van der Waals surface area contributed by atoms with Crippen LogP contribution >= 0.6 is 11.6 Å². The summed E-state index contributed by atoms with van der Waals surface area (Å²) >= 11 is 5.67. The van der Waals surface area contributed by atoms with E-state index in [-0.39, 0.29) is 17.3 Å². The van der Waals surface area contributed by atoms with E-state index in [2.05, 4.69) is 16.6 Å². The molecule has 0 radical (unpaired) electrons. The van der Waals surface area contributed by atoms with Gasteiger partial charge in [-0.25, -0.2) is 9.78 Å². The largest absolute Gasteiger partial charge is 0.419 e. The van der Waals surface area contributed by atoms with Crippen LogP contribution in [0.5, 0.6) is 0 Å². The highest BCUT2D eigenvalue weighted by Crippen LogP contribution is 2.12. The molecule has 0 aliphatic heterocycles. The molecule has 0 aliphatic rings. The predicted octanol–water partition coefficient (Wildman–Crippen LogP) is 1.73. The molecule has 0 bridgehead atoms. The maximum absolute atomic E-state index is 11.1. The summed E-state index contributed by atoms with van der Waals surface area (Å²) in [5, 5.41) is 0.288. The van der Waals surface area contributed by atoms with E-state index in [1.54, 1.807) is 12.1 Å². The molecule has 1 aromatic heterocycles. The molecule has 0 atom stereocenters. The molecule has 1 rings (SSSR count).